The highest BCUT2D eigenvalue weighted by Gasteiger charge is 2.05. The molecular weight excluding hydrogens is 228 g/mol. The van der Waals surface area contributed by atoms with Crippen LogP contribution < -0.4 is 10.5 Å². The molecule has 18 heavy (non-hydrogen) atoms. The number of pyridine rings is 1. The summed E-state index contributed by atoms with van der Waals surface area (Å²) in [6.07, 6.45) is 2.14. The Bertz CT molecular complexity index is 541. The fourth-order valence-corrected chi connectivity index (χ4v) is 1.64. The fourth-order valence-electron chi connectivity index (χ4n) is 1.64. The zero-order valence-electron chi connectivity index (χ0n) is 10.3. The van der Waals surface area contributed by atoms with Gasteiger partial charge in [-0.1, -0.05) is 18.2 Å². The highest BCUT2D eigenvalue weighted by Crippen LogP contribution is 2.25. The molecule has 0 saturated carbocycles. The number of rotatable bonds is 4. The number of anilines is 1. The molecule has 1 aromatic heterocycles. The zero-order chi connectivity index (χ0) is 13.0. The number of ether oxygens (including phenoxy) is 1. The Hall–Kier alpha value is -2.07. The molecule has 2 aromatic rings. The molecule has 1 aromatic carbocycles. The molecule has 94 valence electrons. The molecule has 4 heteroatoms. The Morgan fingerprint density at radius 1 is 1.33 bits per heavy atom. The van der Waals surface area contributed by atoms with Gasteiger partial charge in [0, 0.05) is 12.7 Å². The molecule has 0 aliphatic heterocycles. The van der Waals surface area contributed by atoms with Crippen molar-refractivity contribution in [2.45, 2.75) is 13.3 Å². The number of nitrogens with zero attached hydrogens (tertiary/aromatic N) is 1. The van der Waals surface area contributed by atoms with Crippen LogP contribution in [-0.4, -0.2) is 16.7 Å². The predicted octanol–water partition coefficient (Wildman–Crippen LogP) is 2.30. The van der Waals surface area contributed by atoms with E-state index in [1.54, 1.807) is 12.3 Å². The van der Waals surface area contributed by atoms with Gasteiger partial charge in [-0.05, 0) is 30.5 Å². The Kier molecular flexibility index (Phi) is 3.79. The number of benzene rings is 1. The topological polar surface area (TPSA) is 68.4 Å². The average molecular weight is 244 g/mol. The van der Waals surface area contributed by atoms with Gasteiger partial charge in [0.2, 0.25) is 5.88 Å². The van der Waals surface area contributed by atoms with E-state index in [4.69, 9.17) is 15.6 Å². The monoisotopic (exact) mass is 244 g/mol. The van der Waals surface area contributed by atoms with Gasteiger partial charge in [-0.3, -0.25) is 0 Å². The first kappa shape index (κ1) is 12.4. The fraction of sp³-hybridized carbons (Fsp3) is 0.214. The van der Waals surface area contributed by atoms with Crippen LogP contribution >= 0.6 is 0 Å². The van der Waals surface area contributed by atoms with E-state index in [-0.39, 0.29) is 6.61 Å². The average Bonchev–Trinajstić information content (AvgIpc) is 2.37. The van der Waals surface area contributed by atoms with Gasteiger partial charge in [-0.25, -0.2) is 4.98 Å². The molecule has 0 spiro atoms. The molecule has 0 atom stereocenters. The van der Waals surface area contributed by atoms with Crippen molar-refractivity contribution in [3.63, 3.8) is 0 Å². The van der Waals surface area contributed by atoms with Crippen molar-refractivity contribution >= 4 is 5.69 Å². The van der Waals surface area contributed by atoms with E-state index in [0.29, 0.717) is 23.7 Å². The molecule has 0 aliphatic carbocycles. The lowest BCUT2D eigenvalue weighted by molar-refractivity contribution is 0.297. The lowest BCUT2D eigenvalue weighted by atomic mass is 10.1. The third kappa shape index (κ3) is 2.78. The highest BCUT2D eigenvalue weighted by molar-refractivity contribution is 5.46. The second-order valence-electron chi connectivity index (χ2n) is 4.06. The molecule has 1 heterocycles. The van der Waals surface area contributed by atoms with Crippen LogP contribution in [0.3, 0.4) is 0 Å². The summed E-state index contributed by atoms with van der Waals surface area (Å²) in [5.74, 6) is 1.22. The minimum Gasteiger partial charge on any atom is -0.439 e. The molecule has 0 aliphatic rings. The zero-order valence-corrected chi connectivity index (χ0v) is 10.3. The van der Waals surface area contributed by atoms with Gasteiger partial charge in [0.05, 0.1) is 11.9 Å². The summed E-state index contributed by atoms with van der Waals surface area (Å²) >= 11 is 0. The number of nitrogens with two attached hydrogens (primary N) is 1. The predicted molar refractivity (Wildman–Crippen MR) is 70.7 cm³/mol. The molecule has 0 saturated heterocycles. The summed E-state index contributed by atoms with van der Waals surface area (Å²) < 4.78 is 5.72. The summed E-state index contributed by atoms with van der Waals surface area (Å²) in [6.45, 7) is 2.00. The van der Waals surface area contributed by atoms with Crippen LogP contribution in [0.25, 0.3) is 0 Å². The summed E-state index contributed by atoms with van der Waals surface area (Å²) in [7, 11) is 0. The molecule has 4 nitrogen and oxygen atoms in total. The van der Waals surface area contributed by atoms with E-state index in [2.05, 4.69) is 4.98 Å². The van der Waals surface area contributed by atoms with E-state index < -0.39 is 0 Å². The van der Waals surface area contributed by atoms with Crippen molar-refractivity contribution in [2.75, 3.05) is 12.3 Å². The van der Waals surface area contributed by atoms with Gasteiger partial charge in [0.1, 0.15) is 5.75 Å². The van der Waals surface area contributed by atoms with Crippen LogP contribution in [0, 0.1) is 6.92 Å². The van der Waals surface area contributed by atoms with Crippen LogP contribution in [0.15, 0.2) is 36.5 Å². The molecule has 0 bridgehead atoms. The first-order chi connectivity index (χ1) is 8.70. The van der Waals surface area contributed by atoms with Crippen LogP contribution in [-0.2, 0) is 6.42 Å². The van der Waals surface area contributed by atoms with Gasteiger partial charge in [-0.15, -0.1) is 0 Å². The van der Waals surface area contributed by atoms with Gasteiger partial charge < -0.3 is 15.6 Å². The van der Waals surface area contributed by atoms with Crippen LogP contribution in [0.1, 0.15) is 11.1 Å². The van der Waals surface area contributed by atoms with Gasteiger partial charge in [0.25, 0.3) is 0 Å². The van der Waals surface area contributed by atoms with E-state index >= 15 is 0 Å². The van der Waals surface area contributed by atoms with E-state index in [1.807, 2.05) is 31.2 Å². The SMILES string of the molecule is Cc1cc(Oc2ccccc2CCO)ncc1N. The largest absolute Gasteiger partial charge is 0.439 e. The third-order valence-electron chi connectivity index (χ3n) is 2.69. The maximum absolute atomic E-state index is 9.00. The first-order valence-electron chi connectivity index (χ1n) is 5.79. The third-order valence-corrected chi connectivity index (χ3v) is 2.69. The number of nitrogen functional groups attached to an aromatic ring is 1. The molecular formula is C14H16N2O2. The normalized spacial score (nSPS) is 10.3. The second kappa shape index (κ2) is 5.51. The standard InChI is InChI=1S/C14H16N2O2/c1-10-8-14(16-9-12(10)15)18-13-5-3-2-4-11(13)6-7-17/h2-5,8-9,17H,6-7,15H2,1H3. The number of aliphatic hydroxyl groups excluding tert-OH is 1. The number of aromatic nitrogens is 1. The Morgan fingerprint density at radius 2 is 2.11 bits per heavy atom. The van der Waals surface area contributed by atoms with Gasteiger partial charge in [0.15, 0.2) is 0 Å². The lowest BCUT2D eigenvalue weighted by Crippen LogP contribution is -1.97. The lowest BCUT2D eigenvalue weighted by Gasteiger charge is -2.10. The summed E-state index contributed by atoms with van der Waals surface area (Å²) in [4.78, 5) is 4.13. The van der Waals surface area contributed by atoms with Gasteiger partial charge >= 0.3 is 0 Å². The Labute approximate surface area is 106 Å². The molecule has 0 radical (unpaired) electrons. The van der Waals surface area contributed by atoms with E-state index in [9.17, 15) is 0 Å². The first-order valence-corrected chi connectivity index (χ1v) is 5.79. The maximum Gasteiger partial charge on any atom is 0.219 e. The van der Waals surface area contributed by atoms with Crippen LogP contribution in [0.2, 0.25) is 0 Å². The summed E-state index contributed by atoms with van der Waals surface area (Å²) in [5, 5.41) is 9.00. The number of hydrogen-bond donors (Lipinski definition) is 2. The van der Waals surface area contributed by atoms with Crippen molar-refractivity contribution in [3.05, 3.63) is 47.7 Å². The molecule has 0 unspecified atom stereocenters. The van der Waals surface area contributed by atoms with E-state index in [0.717, 1.165) is 11.1 Å². The summed E-state index contributed by atoms with van der Waals surface area (Å²) in [5.41, 5.74) is 8.24. The van der Waals surface area contributed by atoms with Crippen LogP contribution in [0.5, 0.6) is 11.6 Å². The molecule has 2 rings (SSSR count). The maximum atomic E-state index is 9.00. The Morgan fingerprint density at radius 3 is 2.83 bits per heavy atom. The smallest absolute Gasteiger partial charge is 0.219 e. The number of aryl methyl sites for hydroxylation is 1. The number of hydrogen-bond acceptors (Lipinski definition) is 4. The van der Waals surface area contributed by atoms with Crippen molar-refractivity contribution in [3.8, 4) is 11.6 Å². The second-order valence-corrected chi connectivity index (χ2v) is 4.06. The molecule has 0 amide bonds. The summed E-state index contributed by atoms with van der Waals surface area (Å²) in [6, 6.07) is 9.39. The van der Waals surface area contributed by atoms with E-state index in [1.165, 1.54) is 0 Å². The number of para-hydroxylation sites is 1. The molecule has 3 N–H and O–H groups in total. The Balaban J connectivity index is 2.25. The van der Waals surface area contributed by atoms with Crippen molar-refractivity contribution in [2.24, 2.45) is 0 Å². The van der Waals surface area contributed by atoms with Crippen LogP contribution in [0.4, 0.5) is 5.69 Å². The minimum absolute atomic E-state index is 0.0918. The van der Waals surface area contributed by atoms with Crippen molar-refractivity contribution < 1.29 is 9.84 Å². The highest BCUT2D eigenvalue weighted by atomic mass is 16.5. The minimum atomic E-state index is 0.0918. The van der Waals surface area contributed by atoms with Crippen molar-refractivity contribution in [1.82, 2.24) is 4.98 Å². The van der Waals surface area contributed by atoms with Crippen molar-refractivity contribution in [1.29, 1.82) is 0 Å². The quantitative estimate of drug-likeness (QED) is 0.866. The van der Waals surface area contributed by atoms with Gasteiger partial charge in [-0.2, -0.15) is 0 Å². The number of aliphatic hydroxyl groups is 1. The molecule has 0 fully saturated rings.